The van der Waals surface area contributed by atoms with Crippen molar-refractivity contribution in [2.45, 2.75) is 27.2 Å². The Kier molecular flexibility index (Phi) is 8.68. The molecule has 0 atom stereocenters. The first-order valence-electron chi connectivity index (χ1n) is 11.3. The van der Waals surface area contributed by atoms with Crippen molar-refractivity contribution in [2.75, 3.05) is 13.9 Å². The smallest absolute Gasteiger partial charge is 0.336 e. The molecule has 3 aromatic carbocycles. The van der Waals surface area contributed by atoms with Gasteiger partial charge < -0.3 is 18.9 Å². The lowest BCUT2D eigenvalue weighted by atomic mass is 9.91. The highest BCUT2D eigenvalue weighted by Crippen LogP contribution is 2.25. The molecular formula is C29H30O6. The van der Waals surface area contributed by atoms with E-state index in [1.807, 2.05) is 81.4 Å². The molecule has 0 bridgehead atoms. The Balaban J connectivity index is 1.51. The van der Waals surface area contributed by atoms with E-state index in [1.165, 1.54) is 6.08 Å². The van der Waals surface area contributed by atoms with Crippen LogP contribution < -0.4 is 14.2 Å². The van der Waals surface area contributed by atoms with Crippen LogP contribution >= 0.6 is 0 Å². The normalized spacial score (nSPS) is 11.2. The number of carbonyl (C=O) groups is 2. The summed E-state index contributed by atoms with van der Waals surface area (Å²) in [4.78, 5) is 24.1. The van der Waals surface area contributed by atoms with Gasteiger partial charge in [-0.1, -0.05) is 43.3 Å². The number of ether oxygens (including phenoxy) is 4. The second-order valence-corrected chi connectivity index (χ2v) is 8.51. The summed E-state index contributed by atoms with van der Waals surface area (Å²) in [5.41, 5.74) is 2.27. The SMILES string of the molecule is CCC(C)(C)C(=O)OCOc1ccc(-c2ccc(OC(=O)/C=C/c3ccc(OC)cc3)cc2)cc1. The highest BCUT2D eigenvalue weighted by atomic mass is 16.7. The van der Waals surface area contributed by atoms with Crippen LogP contribution in [0.2, 0.25) is 0 Å². The van der Waals surface area contributed by atoms with Gasteiger partial charge in [0.05, 0.1) is 12.5 Å². The van der Waals surface area contributed by atoms with Gasteiger partial charge in [-0.15, -0.1) is 0 Å². The minimum atomic E-state index is -0.527. The van der Waals surface area contributed by atoms with Gasteiger partial charge in [0, 0.05) is 6.08 Å². The minimum Gasteiger partial charge on any atom is -0.497 e. The Morgan fingerprint density at radius 1 is 0.800 bits per heavy atom. The number of hydrogen-bond acceptors (Lipinski definition) is 6. The van der Waals surface area contributed by atoms with Gasteiger partial charge in [-0.05, 0) is 79.4 Å². The predicted octanol–water partition coefficient (Wildman–Crippen LogP) is 6.30. The molecule has 0 N–H and O–H groups in total. The summed E-state index contributed by atoms with van der Waals surface area (Å²) in [6, 6.07) is 22.0. The van der Waals surface area contributed by atoms with Gasteiger partial charge in [0.1, 0.15) is 17.2 Å². The van der Waals surface area contributed by atoms with Crippen molar-refractivity contribution in [1.29, 1.82) is 0 Å². The zero-order chi connectivity index (χ0) is 25.3. The average molecular weight is 475 g/mol. The maximum atomic E-state index is 12.1. The van der Waals surface area contributed by atoms with E-state index < -0.39 is 11.4 Å². The molecular weight excluding hydrogens is 444 g/mol. The third-order valence-corrected chi connectivity index (χ3v) is 5.64. The molecule has 182 valence electrons. The first-order chi connectivity index (χ1) is 16.8. The molecule has 0 aliphatic carbocycles. The van der Waals surface area contributed by atoms with Crippen molar-refractivity contribution in [3.8, 4) is 28.4 Å². The fraction of sp³-hybridized carbons (Fsp3) is 0.241. The van der Waals surface area contributed by atoms with Crippen LogP contribution in [-0.2, 0) is 14.3 Å². The molecule has 0 aliphatic rings. The number of esters is 2. The molecule has 35 heavy (non-hydrogen) atoms. The molecule has 0 aliphatic heterocycles. The fourth-order valence-electron chi connectivity index (χ4n) is 2.98. The van der Waals surface area contributed by atoms with E-state index in [1.54, 1.807) is 25.3 Å². The molecule has 0 fully saturated rings. The molecule has 6 nitrogen and oxygen atoms in total. The summed E-state index contributed by atoms with van der Waals surface area (Å²) in [5.74, 6) is 1.07. The van der Waals surface area contributed by atoms with Crippen LogP contribution in [0.4, 0.5) is 0 Å². The van der Waals surface area contributed by atoms with Gasteiger partial charge in [0.15, 0.2) is 0 Å². The zero-order valence-corrected chi connectivity index (χ0v) is 20.4. The van der Waals surface area contributed by atoms with Crippen LogP contribution in [0.15, 0.2) is 78.9 Å². The molecule has 0 amide bonds. The number of benzene rings is 3. The van der Waals surface area contributed by atoms with E-state index in [2.05, 4.69) is 0 Å². The van der Waals surface area contributed by atoms with Gasteiger partial charge in [-0.3, -0.25) is 4.79 Å². The molecule has 0 unspecified atom stereocenters. The Labute approximate surface area is 206 Å². The van der Waals surface area contributed by atoms with Crippen LogP contribution in [0.5, 0.6) is 17.2 Å². The zero-order valence-electron chi connectivity index (χ0n) is 20.4. The third kappa shape index (κ3) is 7.47. The highest BCUT2D eigenvalue weighted by molar-refractivity contribution is 5.88. The maximum absolute atomic E-state index is 12.1. The van der Waals surface area contributed by atoms with Gasteiger partial charge in [0.2, 0.25) is 6.79 Å². The Morgan fingerprint density at radius 2 is 1.34 bits per heavy atom. The molecule has 0 saturated carbocycles. The summed E-state index contributed by atoms with van der Waals surface area (Å²) < 4.78 is 21.2. The quantitative estimate of drug-likeness (QED) is 0.149. The lowest BCUT2D eigenvalue weighted by Gasteiger charge is -2.20. The van der Waals surface area contributed by atoms with Crippen molar-refractivity contribution in [2.24, 2.45) is 5.41 Å². The van der Waals surface area contributed by atoms with Crippen LogP contribution in [-0.4, -0.2) is 25.8 Å². The van der Waals surface area contributed by atoms with E-state index in [-0.39, 0.29) is 12.8 Å². The van der Waals surface area contributed by atoms with Gasteiger partial charge >= 0.3 is 11.9 Å². The number of methoxy groups -OCH3 is 1. The summed E-state index contributed by atoms with van der Waals surface area (Å²) in [6.45, 7) is 5.50. The van der Waals surface area contributed by atoms with E-state index in [9.17, 15) is 9.59 Å². The van der Waals surface area contributed by atoms with Crippen molar-refractivity contribution < 1.29 is 28.5 Å². The van der Waals surface area contributed by atoms with Crippen LogP contribution in [0.25, 0.3) is 17.2 Å². The molecule has 3 rings (SSSR count). The van der Waals surface area contributed by atoms with E-state index in [0.717, 1.165) is 22.4 Å². The number of carbonyl (C=O) groups excluding carboxylic acids is 2. The van der Waals surface area contributed by atoms with Gasteiger partial charge in [0.25, 0.3) is 0 Å². The average Bonchev–Trinajstić information content (AvgIpc) is 2.88. The van der Waals surface area contributed by atoms with Crippen molar-refractivity contribution in [3.63, 3.8) is 0 Å². The van der Waals surface area contributed by atoms with Crippen LogP contribution in [0, 0.1) is 5.41 Å². The third-order valence-electron chi connectivity index (χ3n) is 5.64. The van der Waals surface area contributed by atoms with E-state index in [0.29, 0.717) is 17.9 Å². The fourth-order valence-corrected chi connectivity index (χ4v) is 2.98. The standard InChI is InChI=1S/C29H30O6/c1-5-29(2,3)28(31)34-20-33-25-15-9-22(10-16-25)23-11-17-26(18-12-23)35-27(30)19-8-21-6-13-24(32-4)14-7-21/h6-19H,5,20H2,1-4H3/b19-8+. The van der Waals surface area contributed by atoms with Crippen molar-refractivity contribution in [3.05, 3.63) is 84.4 Å². The second-order valence-electron chi connectivity index (χ2n) is 8.51. The first-order valence-corrected chi connectivity index (χ1v) is 11.3. The molecule has 0 aromatic heterocycles. The maximum Gasteiger partial charge on any atom is 0.336 e. The Hall–Kier alpha value is -4.06. The largest absolute Gasteiger partial charge is 0.497 e. The molecule has 0 spiro atoms. The monoisotopic (exact) mass is 474 g/mol. The predicted molar refractivity (Wildman–Crippen MR) is 135 cm³/mol. The van der Waals surface area contributed by atoms with Gasteiger partial charge in [-0.2, -0.15) is 0 Å². The molecule has 0 radical (unpaired) electrons. The van der Waals surface area contributed by atoms with Crippen LogP contribution in [0.3, 0.4) is 0 Å². The first kappa shape index (κ1) is 25.6. The van der Waals surface area contributed by atoms with Gasteiger partial charge in [-0.25, -0.2) is 4.79 Å². The molecule has 0 heterocycles. The molecule has 0 saturated heterocycles. The summed E-state index contributed by atoms with van der Waals surface area (Å²) in [7, 11) is 1.60. The Bertz CT molecular complexity index is 1140. The number of rotatable bonds is 10. The topological polar surface area (TPSA) is 71.1 Å². The lowest BCUT2D eigenvalue weighted by Crippen LogP contribution is -2.27. The number of hydrogen-bond donors (Lipinski definition) is 0. The summed E-state index contributed by atoms with van der Waals surface area (Å²) in [5, 5.41) is 0. The second kappa shape index (κ2) is 11.9. The Morgan fingerprint density at radius 3 is 1.89 bits per heavy atom. The minimum absolute atomic E-state index is 0.130. The van der Waals surface area contributed by atoms with Crippen LogP contribution in [0.1, 0.15) is 32.8 Å². The molecule has 6 heteroatoms. The summed E-state index contributed by atoms with van der Waals surface area (Å²) in [6.07, 6.45) is 3.76. The van der Waals surface area contributed by atoms with Crippen molar-refractivity contribution >= 4 is 18.0 Å². The molecule has 3 aromatic rings. The highest BCUT2D eigenvalue weighted by Gasteiger charge is 2.27. The van der Waals surface area contributed by atoms with E-state index >= 15 is 0 Å². The van der Waals surface area contributed by atoms with Crippen molar-refractivity contribution in [1.82, 2.24) is 0 Å². The van der Waals surface area contributed by atoms with E-state index in [4.69, 9.17) is 18.9 Å². The summed E-state index contributed by atoms with van der Waals surface area (Å²) >= 11 is 0. The lowest BCUT2D eigenvalue weighted by molar-refractivity contribution is -0.160.